The SMILES string of the molecule is CC(C)n1ncc2c(C(=O)NCc3ccccn3)cc(-c3ccco3)nc21. The molecule has 27 heavy (non-hydrogen) atoms. The van der Waals surface area contributed by atoms with Crippen molar-refractivity contribution in [1.82, 2.24) is 25.1 Å². The molecule has 1 N–H and O–H groups in total. The summed E-state index contributed by atoms with van der Waals surface area (Å²) in [5.74, 6) is 0.399. The minimum Gasteiger partial charge on any atom is -0.463 e. The van der Waals surface area contributed by atoms with Crippen molar-refractivity contribution in [3.05, 3.63) is 66.3 Å². The number of nitrogens with one attached hydrogen (secondary N) is 1. The van der Waals surface area contributed by atoms with E-state index >= 15 is 0 Å². The van der Waals surface area contributed by atoms with Crippen LogP contribution in [0.5, 0.6) is 0 Å². The summed E-state index contributed by atoms with van der Waals surface area (Å²) in [6.07, 6.45) is 4.97. The van der Waals surface area contributed by atoms with Crippen LogP contribution in [0, 0.1) is 0 Å². The molecule has 4 heterocycles. The largest absolute Gasteiger partial charge is 0.463 e. The Bertz CT molecular complexity index is 1070. The van der Waals surface area contributed by atoms with Gasteiger partial charge in [0.15, 0.2) is 11.4 Å². The average molecular weight is 361 g/mol. The topological polar surface area (TPSA) is 85.8 Å². The van der Waals surface area contributed by atoms with E-state index in [1.54, 1.807) is 35.5 Å². The summed E-state index contributed by atoms with van der Waals surface area (Å²) in [5.41, 5.74) is 2.55. The van der Waals surface area contributed by atoms with Crippen LogP contribution < -0.4 is 5.32 Å². The maximum Gasteiger partial charge on any atom is 0.252 e. The monoisotopic (exact) mass is 361 g/mol. The summed E-state index contributed by atoms with van der Waals surface area (Å²) in [6, 6.07) is 11.1. The van der Waals surface area contributed by atoms with E-state index in [9.17, 15) is 4.79 Å². The van der Waals surface area contributed by atoms with Crippen LogP contribution in [0.25, 0.3) is 22.5 Å². The number of hydrogen-bond donors (Lipinski definition) is 1. The average Bonchev–Trinajstić information content (AvgIpc) is 3.35. The smallest absolute Gasteiger partial charge is 0.252 e. The van der Waals surface area contributed by atoms with Crippen LogP contribution >= 0.6 is 0 Å². The number of aromatic nitrogens is 4. The number of rotatable bonds is 5. The molecule has 0 fully saturated rings. The van der Waals surface area contributed by atoms with E-state index < -0.39 is 0 Å². The highest BCUT2D eigenvalue weighted by atomic mass is 16.3. The molecule has 136 valence electrons. The number of amides is 1. The Labute approximate surface area is 156 Å². The van der Waals surface area contributed by atoms with E-state index in [2.05, 4.69) is 20.4 Å². The Morgan fingerprint density at radius 1 is 1.26 bits per heavy atom. The maximum absolute atomic E-state index is 12.9. The lowest BCUT2D eigenvalue weighted by atomic mass is 10.1. The second-order valence-electron chi connectivity index (χ2n) is 6.46. The van der Waals surface area contributed by atoms with E-state index in [-0.39, 0.29) is 11.9 Å². The highest BCUT2D eigenvalue weighted by molar-refractivity contribution is 6.06. The molecular formula is C20H19N5O2. The van der Waals surface area contributed by atoms with Gasteiger partial charge in [0, 0.05) is 12.2 Å². The Morgan fingerprint density at radius 3 is 2.85 bits per heavy atom. The Balaban J connectivity index is 1.75. The summed E-state index contributed by atoms with van der Waals surface area (Å²) in [4.78, 5) is 21.8. The van der Waals surface area contributed by atoms with Gasteiger partial charge in [-0.2, -0.15) is 5.10 Å². The summed E-state index contributed by atoms with van der Waals surface area (Å²) in [7, 11) is 0. The summed E-state index contributed by atoms with van der Waals surface area (Å²) < 4.78 is 7.28. The molecule has 4 rings (SSSR count). The Morgan fingerprint density at radius 2 is 2.15 bits per heavy atom. The predicted molar refractivity (Wildman–Crippen MR) is 101 cm³/mol. The van der Waals surface area contributed by atoms with Crippen LogP contribution in [0.2, 0.25) is 0 Å². The van der Waals surface area contributed by atoms with Crippen molar-refractivity contribution in [2.45, 2.75) is 26.4 Å². The van der Waals surface area contributed by atoms with Crippen LogP contribution in [-0.4, -0.2) is 25.7 Å². The van der Waals surface area contributed by atoms with Crippen molar-refractivity contribution in [3.8, 4) is 11.5 Å². The number of fused-ring (bicyclic) bond motifs is 1. The van der Waals surface area contributed by atoms with Gasteiger partial charge in [-0.05, 0) is 44.2 Å². The number of pyridine rings is 2. The lowest BCUT2D eigenvalue weighted by Gasteiger charge is -2.10. The molecule has 0 saturated heterocycles. The van der Waals surface area contributed by atoms with Crippen LogP contribution in [-0.2, 0) is 6.54 Å². The minimum absolute atomic E-state index is 0.117. The van der Waals surface area contributed by atoms with Crippen molar-refractivity contribution in [2.75, 3.05) is 0 Å². The minimum atomic E-state index is -0.204. The number of hydrogen-bond acceptors (Lipinski definition) is 5. The van der Waals surface area contributed by atoms with Gasteiger partial charge >= 0.3 is 0 Å². The molecule has 0 saturated carbocycles. The molecule has 0 aromatic carbocycles. The molecule has 0 bridgehead atoms. The molecule has 0 aliphatic heterocycles. The highest BCUT2D eigenvalue weighted by Gasteiger charge is 2.19. The first-order valence-electron chi connectivity index (χ1n) is 8.73. The zero-order chi connectivity index (χ0) is 18.8. The van der Waals surface area contributed by atoms with E-state index in [0.29, 0.717) is 34.6 Å². The third-order valence-electron chi connectivity index (χ3n) is 4.23. The molecule has 7 nitrogen and oxygen atoms in total. The molecule has 1 amide bonds. The van der Waals surface area contributed by atoms with Gasteiger partial charge in [0.1, 0.15) is 5.69 Å². The van der Waals surface area contributed by atoms with E-state index in [4.69, 9.17) is 4.42 Å². The predicted octanol–water partition coefficient (Wildman–Crippen LogP) is 3.60. The van der Waals surface area contributed by atoms with E-state index in [1.807, 2.05) is 38.1 Å². The van der Waals surface area contributed by atoms with Crippen molar-refractivity contribution in [1.29, 1.82) is 0 Å². The normalized spacial score (nSPS) is 11.2. The van der Waals surface area contributed by atoms with Gasteiger partial charge in [-0.25, -0.2) is 9.67 Å². The van der Waals surface area contributed by atoms with Crippen LogP contribution in [0.1, 0.15) is 35.9 Å². The number of carbonyl (C=O) groups is 1. The molecule has 0 spiro atoms. The Hall–Kier alpha value is -3.48. The van der Waals surface area contributed by atoms with Gasteiger partial charge in [0.05, 0.1) is 35.6 Å². The van der Waals surface area contributed by atoms with Crippen molar-refractivity contribution in [2.24, 2.45) is 0 Å². The molecule has 0 aliphatic carbocycles. The third-order valence-corrected chi connectivity index (χ3v) is 4.23. The summed E-state index contributed by atoms with van der Waals surface area (Å²) >= 11 is 0. The number of nitrogens with zero attached hydrogens (tertiary/aromatic N) is 4. The fourth-order valence-corrected chi connectivity index (χ4v) is 2.90. The first-order valence-corrected chi connectivity index (χ1v) is 8.73. The zero-order valence-corrected chi connectivity index (χ0v) is 15.1. The number of carbonyl (C=O) groups excluding carboxylic acids is 1. The van der Waals surface area contributed by atoms with Crippen molar-refractivity contribution >= 4 is 16.9 Å². The lowest BCUT2D eigenvalue weighted by molar-refractivity contribution is 0.0952. The molecule has 4 aromatic heterocycles. The van der Waals surface area contributed by atoms with Crippen LogP contribution in [0.3, 0.4) is 0 Å². The fraction of sp³-hybridized carbons (Fsp3) is 0.200. The van der Waals surface area contributed by atoms with Crippen LogP contribution in [0.15, 0.2) is 59.5 Å². The van der Waals surface area contributed by atoms with Gasteiger partial charge in [-0.3, -0.25) is 9.78 Å². The zero-order valence-electron chi connectivity index (χ0n) is 15.1. The molecule has 0 unspecified atom stereocenters. The first-order chi connectivity index (χ1) is 13.1. The second-order valence-corrected chi connectivity index (χ2v) is 6.46. The summed E-state index contributed by atoms with van der Waals surface area (Å²) in [6.45, 7) is 4.39. The van der Waals surface area contributed by atoms with Gasteiger partial charge in [-0.15, -0.1) is 0 Å². The standard InChI is InChI=1S/C20H19N5O2/c1-13(2)25-19-16(12-23-25)15(10-17(24-19)18-7-5-9-27-18)20(26)22-11-14-6-3-4-8-21-14/h3-10,12-13H,11H2,1-2H3,(H,22,26). The quantitative estimate of drug-likeness (QED) is 0.587. The lowest BCUT2D eigenvalue weighted by Crippen LogP contribution is -2.23. The Kier molecular flexibility index (Phi) is 4.42. The molecular weight excluding hydrogens is 342 g/mol. The first kappa shape index (κ1) is 17.0. The van der Waals surface area contributed by atoms with E-state index in [0.717, 1.165) is 5.69 Å². The van der Waals surface area contributed by atoms with Gasteiger partial charge in [-0.1, -0.05) is 6.07 Å². The fourth-order valence-electron chi connectivity index (χ4n) is 2.90. The molecule has 0 radical (unpaired) electrons. The van der Waals surface area contributed by atoms with Crippen LogP contribution in [0.4, 0.5) is 0 Å². The molecule has 7 heteroatoms. The van der Waals surface area contributed by atoms with Gasteiger partial charge < -0.3 is 9.73 Å². The molecule has 0 aliphatic rings. The van der Waals surface area contributed by atoms with Gasteiger partial charge in [0.2, 0.25) is 0 Å². The van der Waals surface area contributed by atoms with Gasteiger partial charge in [0.25, 0.3) is 5.91 Å². The maximum atomic E-state index is 12.9. The van der Waals surface area contributed by atoms with Crippen molar-refractivity contribution in [3.63, 3.8) is 0 Å². The summed E-state index contributed by atoms with van der Waals surface area (Å²) in [5, 5.41) is 8.04. The molecule has 0 atom stereocenters. The molecule has 4 aromatic rings. The van der Waals surface area contributed by atoms with Crippen molar-refractivity contribution < 1.29 is 9.21 Å². The second kappa shape index (κ2) is 7.03. The third kappa shape index (κ3) is 3.31. The van der Waals surface area contributed by atoms with E-state index in [1.165, 1.54) is 0 Å². The number of furan rings is 1. The highest BCUT2D eigenvalue weighted by Crippen LogP contribution is 2.26.